The third-order valence-corrected chi connectivity index (χ3v) is 7.24. The van der Waals surface area contributed by atoms with Crippen LogP contribution in [-0.2, 0) is 27.1 Å². The van der Waals surface area contributed by atoms with E-state index in [1.54, 1.807) is 6.08 Å². The summed E-state index contributed by atoms with van der Waals surface area (Å²) in [7, 11) is 0. The lowest BCUT2D eigenvalue weighted by atomic mass is 9.79. The molecular formula is C24H27N3O4. The highest BCUT2D eigenvalue weighted by atomic mass is 16.5. The number of ether oxygens (including phenoxy) is 2. The molecule has 1 saturated heterocycles. The van der Waals surface area contributed by atoms with Crippen molar-refractivity contribution >= 4 is 11.8 Å². The van der Waals surface area contributed by atoms with Gasteiger partial charge in [0.2, 0.25) is 5.90 Å². The summed E-state index contributed by atoms with van der Waals surface area (Å²) < 4.78 is 13.0. The van der Waals surface area contributed by atoms with Crippen LogP contribution < -0.4 is 10.6 Å². The number of hydrogen-bond acceptors (Lipinski definition) is 6. The summed E-state index contributed by atoms with van der Waals surface area (Å²) in [6.07, 6.45) is 3.47. The summed E-state index contributed by atoms with van der Waals surface area (Å²) in [5.41, 5.74) is 2.72. The minimum absolute atomic E-state index is 0.243. The van der Waals surface area contributed by atoms with Gasteiger partial charge in [0, 0.05) is 24.0 Å². The van der Waals surface area contributed by atoms with Gasteiger partial charge in [-0.1, -0.05) is 24.3 Å². The zero-order chi connectivity index (χ0) is 21.4. The topological polar surface area (TPSA) is 92.2 Å². The molecule has 0 saturated carbocycles. The van der Waals surface area contributed by atoms with Gasteiger partial charge < -0.3 is 25.2 Å². The highest BCUT2D eigenvalue weighted by Gasteiger charge is 2.57. The predicted octanol–water partition coefficient (Wildman–Crippen LogP) is 1.51. The number of carbonyl (C=O) groups excluding carboxylic acids is 1. The van der Waals surface area contributed by atoms with Crippen LogP contribution in [0, 0.1) is 0 Å². The van der Waals surface area contributed by atoms with Crippen molar-refractivity contribution < 1.29 is 19.4 Å². The first-order chi connectivity index (χ1) is 14.8. The van der Waals surface area contributed by atoms with Gasteiger partial charge in [0.25, 0.3) is 5.91 Å². The number of amides is 1. The van der Waals surface area contributed by atoms with Gasteiger partial charge >= 0.3 is 0 Å². The zero-order valence-electron chi connectivity index (χ0n) is 17.8. The first-order valence-corrected chi connectivity index (χ1v) is 11.0. The molecule has 0 bridgehead atoms. The smallest absolute Gasteiger partial charge is 0.293 e. The van der Waals surface area contributed by atoms with Crippen molar-refractivity contribution in [1.82, 2.24) is 10.6 Å². The second-order valence-electron chi connectivity index (χ2n) is 9.72. The molecule has 1 unspecified atom stereocenters. The summed E-state index contributed by atoms with van der Waals surface area (Å²) >= 11 is 0. The molecular weight excluding hydrogens is 394 g/mol. The molecule has 1 aliphatic carbocycles. The van der Waals surface area contributed by atoms with Crippen LogP contribution in [0.4, 0.5) is 0 Å². The number of aliphatic hydroxyl groups is 1. The molecule has 31 heavy (non-hydrogen) atoms. The number of hydrogen-bond donors (Lipinski definition) is 3. The van der Waals surface area contributed by atoms with Crippen molar-refractivity contribution in [3.05, 3.63) is 58.3 Å². The first kappa shape index (κ1) is 19.2. The SMILES string of the molecule is CC1(C)OC2(CCNCC2)C2=C1NC(O)C=C2C1=NC(=O)C2(Cc3ccccc3C2)O1. The van der Waals surface area contributed by atoms with Crippen LogP contribution in [0.25, 0.3) is 0 Å². The average molecular weight is 421 g/mol. The Morgan fingerprint density at radius 3 is 2.45 bits per heavy atom. The molecule has 4 aliphatic heterocycles. The van der Waals surface area contributed by atoms with Gasteiger partial charge in [0.15, 0.2) is 5.60 Å². The first-order valence-electron chi connectivity index (χ1n) is 11.0. The summed E-state index contributed by atoms with van der Waals surface area (Å²) in [4.78, 5) is 17.5. The highest BCUT2D eigenvalue weighted by molar-refractivity contribution is 6.12. The van der Waals surface area contributed by atoms with Crippen molar-refractivity contribution in [2.45, 2.75) is 62.6 Å². The van der Waals surface area contributed by atoms with Crippen LogP contribution >= 0.6 is 0 Å². The van der Waals surface area contributed by atoms with Crippen molar-refractivity contribution in [2.75, 3.05) is 13.1 Å². The molecule has 2 spiro atoms. The molecule has 5 aliphatic rings. The summed E-state index contributed by atoms with van der Waals surface area (Å²) in [6.45, 7) is 5.71. The fourth-order valence-electron chi connectivity index (χ4n) is 5.90. The molecule has 6 rings (SSSR count). The number of piperidine rings is 1. The van der Waals surface area contributed by atoms with Gasteiger partial charge in [0.1, 0.15) is 11.8 Å². The van der Waals surface area contributed by atoms with Crippen LogP contribution in [0.1, 0.15) is 37.8 Å². The Balaban J connectivity index is 1.40. The van der Waals surface area contributed by atoms with E-state index in [0.29, 0.717) is 24.3 Å². The Morgan fingerprint density at radius 2 is 1.77 bits per heavy atom. The quantitative estimate of drug-likeness (QED) is 0.637. The van der Waals surface area contributed by atoms with Gasteiger partial charge in [0.05, 0.1) is 11.3 Å². The Morgan fingerprint density at radius 1 is 1.10 bits per heavy atom. The molecule has 0 radical (unpaired) electrons. The van der Waals surface area contributed by atoms with Crippen molar-refractivity contribution in [3.63, 3.8) is 0 Å². The Hall–Kier alpha value is -2.48. The van der Waals surface area contributed by atoms with Crippen LogP contribution in [0.2, 0.25) is 0 Å². The van der Waals surface area contributed by atoms with E-state index in [0.717, 1.165) is 48.3 Å². The van der Waals surface area contributed by atoms with E-state index in [1.807, 2.05) is 38.1 Å². The fraction of sp³-hybridized carbons (Fsp3) is 0.500. The standard InChI is InChI=1S/C24H27N3O4/c1-22(2)19-18(23(31-22)7-9-25-10-8-23)16(11-17(28)26-19)20-27-21(29)24(30-20)12-14-5-3-4-6-15(14)13-24/h3-6,11,17,25-26,28H,7-10,12-13H2,1-2H3. The zero-order valence-corrected chi connectivity index (χ0v) is 17.8. The van der Waals surface area contributed by atoms with Crippen molar-refractivity contribution in [3.8, 4) is 0 Å². The van der Waals surface area contributed by atoms with Gasteiger partial charge in [-0.3, -0.25) is 4.79 Å². The summed E-state index contributed by atoms with van der Waals surface area (Å²) in [5.74, 6) is 0.0670. The molecule has 1 atom stereocenters. The fourth-order valence-corrected chi connectivity index (χ4v) is 5.90. The molecule has 3 N–H and O–H groups in total. The van der Waals surface area contributed by atoms with E-state index < -0.39 is 23.0 Å². The van der Waals surface area contributed by atoms with Crippen LogP contribution in [0.3, 0.4) is 0 Å². The van der Waals surface area contributed by atoms with E-state index in [9.17, 15) is 9.90 Å². The highest BCUT2D eigenvalue weighted by Crippen LogP contribution is 2.51. The number of rotatable bonds is 1. The molecule has 1 fully saturated rings. The van der Waals surface area contributed by atoms with Crippen LogP contribution in [0.15, 0.2) is 52.2 Å². The molecule has 7 nitrogen and oxygen atoms in total. The lowest BCUT2D eigenvalue weighted by Crippen LogP contribution is -2.46. The number of benzene rings is 1. The van der Waals surface area contributed by atoms with Gasteiger partial charge in [-0.25, -0.2) is 0 Å². The maximum Gasteiger partial charge on any atom is 0.293 e. The van der Waals surface area contributed by atoms with Crippen LogP contribution in [-0.4, -0.2) is 53.0 Å². The number of fused-ring (bicyclic) bond motifs is 2. The normalized spacial score (nSPS) is 29.4. The van der Waals surface area contributed by atoms with Gasteiger partial charge in [-0.05, 0) is 57.0 Å². The van der Waals surface area contributed by atoms with E-state index in [4.69, 9.17) is 9.47 Å². The lowest BCUT2D eigenvalue weighted by Gasteiger charge is -2.38. The van der Waals surface area contributed by atoms with E-state index in [-0.39, 0.29) is 5.91 Å². The Bertz CT molecular complexity index is 1050. The molecule has 162 valence electrons. The number of aliphatic hydroxyl groups excluding tert-OH is 1. The number of dihydropyridines is 1. The molecule has 0 aromatic heterocycles. The van der Waals surface area contributed by atoms with Gasteiger partial charge in [-0.2, -0.15) is 4.99 Å². The second-order valence-corrected chi connectivity index (χ2v) is 9.72. The molecule has 1 amide bonds. The summed E-state index contributed by atoms with van der Waals surface area (Å²) in [5, 5.41) is 17.2. The molecule has 7 heteroatoms. The van der Waals surface area contributed by atoms with E-state index in [1.165, 1.54) is 0 Å². The molecule has 4 heterocycles. The average Bonchev–Trinajstić information content (AvgIpc) is 3.33. The second kappa shape index (κ2) is 6.28. The molecule has 1 aromatic carbocycles. The number of nitrogens with zero attached hydrogens (tertiary/aromatic N) is 1. The van der Waals surface area contributed by atoms with E-state index >= 15 is 0 Å². The summed E-state index contributed by atoms with van der Waals surface area (Å²) in [6, 6.07) is 8.07. The maximum absolute atomic E-state index is 13.1. The van der Waals surface area contributed by atoms with Crippen molar-refractivity contribution in [2.24, 2.45) is 4.99 Å². The predicted molar refractivity (Wildman–Crippen MR) is 114 cm³/mol. The Kier molecular flexibility index (Phi) is 3.89. The minimum atomic E-state index is -0.979. The largest absolute Gasteiger partial charge is 0.460 e. The number of nitrogens with one attached hydrogen (secondary N) is 2. The third kappa shape index (κ3) is 2.70. The molecule has 1 aromatic rings. The van der Waals surface area contributed by atoms with E-state index in [2.05, 4.69) is 15.6 Å². The minimum Gasteiger partial charge on any atom is -0.460 e. The monoisotopic (exact) mass is 421 g/mol. The Labute approximate surface area is 181 Å². The van der Waals surface area contributed by atoms with Crippen LogP contribution in [0.5, 0.6) is 0 Å². The maximum atomic E-state index is 13.1. The van der Waals surface area contributed by atoms with Gasteiger partial charge in [-0.15, -0.1) is 0 Å². The number of carbonyl (C=O) groups is 1. The van der Waals surface area contributed by atoms with Crippen molar-refractivity contribution in [1.29, 1.82) is 0 Å². The lowest BCUT2D eigenvalue weighted by molar-refractivity contribution is -0.130. The third-order valence-electron chi connectivity index (χ3n) is 7.24. The number of aliphatic imine (C=N–C) groups is 1.